The Kier molecular flexibility index (Phi) is 9.50. The van der Waals surface area contributed by atoms with Gasteiger partial charge in [0.2, 0.25) is 0 Å². The van der Waals surface area contributed by atoms with Crippen LogP contribution >= 0.6 is 0 Å². The second-order valence-electron chi connectivity index (χ2n) is 9.68. The third-order valence-corrected chi connectivity index (χ3v) is 6.96. The van der Waals surface area contributed by atoms with Crippen LogP contribution in [0.25, 0.3) is 11.1 Å². The van der Waals surface area contributed by atoms with Crippen molar-refractivity contribution >= 4 is 23.2 Å². The zero-order valence-corrected chi connectivity index (χ0v) is 23.8. The number of anilines is 2. The van der Waals surface area contributed by atoms with Crippen molar-refractivity contribution in [3.05, 3.63) is 59.7 Å². The van der Waals surface area contributed by atoms with Gasteiger partial charge in [-0.05, 0) is 75.2 Å². The summed E-state index contributed by atoms with van der Waals surface area (Å²) in [5, 5.41) is 5.82. The predicted molar refractivity (Wildman–Crippen MR) is 157 cm³/mol. The van der Waals surface area contributed by atoms with Gasteiger partial charge in [0, 0.05) is 35.6 Å². The maximum absolute atomic E-state index is 13.1. The van der Waals surface area contributed by atoms with Crippen LogP contribution in [0.15, 0.2) is 48.5 Å². The smallest absolute Gasteiger partial charge is 0.323 e. The molecule has 1 fully saturated rings. The summed E-state index contributed by atoms with van der Waals surface area (Å²) in [5.74, 6) is 1.98. The number of hydrogen-bond acceptors (Lipinski definition) is 7. The average Bonchev–Trinajstić information content (AvgIpc) is 3.47. The molecule has 40 heavy (non-hydrogen) atoms. The van der Waals surface area contributed by atoms with E-state index >= 15 is 0 Å². The first kappa shape index (κ1) is 28.8. The number of methoxy groups -OCH3 is 3. The first-order valence-electron chi connectivity index (χ1n) is 13.3. The molecule has 1 aliphatic rings. The molecular weight excluding hydrogens is 510 g/mol. The number of aryl methyl sites for hydroxylation is 1. The molecule has 1 aliphatic heterocycles. The van der Waals surface area contributed by atoms with E-state index in [-0.39, 0.29) is 5.78 Å². The molecule has 2 N–H and O–H groups in total. The number of nitrogens with one attached hydrogen (secondary N) is 2. The Hall–Kier alpha value is -4.24. The Morgan fingerprint density at radius 1 is 0.875 bits per heavy atom. The summed E-state index contributed by atoms with van der Waals surface area (Å²) >= 11 is 0. The Labute approximate surface area is 235 Å². The van der Waals surface area contributed by atoms with Crippen LogP contribution in [0, 0.1) is 6.92 Å². The molecular formula is C31H37N3O6. The Bertz CT molecular complexity index is 1370. The molecule has 0 saturated carbocycles. The van der Waals surface area contributed by atoms with Crippen molar-refractivity contribution in [2.45, 2.75) is 26.7 Å². The average molecular weight is 548 g/mol. The van der Waals surface area contributed by atoms with Gasteiger partial charge in [0.05, 0.1) is 26.9 Å². The molecule has 2 amide bonds. The molecule has 0 bridgehead atoms. The molecule has 0 spiro atoms. The van der Waals surface area contributed by atoms with Gasteiger partial charge in [-0.15, -0.1) is 0 Å². The molecule has 0 atom stereocenters. The topological polar surface area (TPSA) is 98.4 Å². The zero-order chi connectivity index (χ0) is 28.6. The third kappa shape index (κ3) is 6.84. The van der Waals surface area contributed by atoms with E-state index in [2.05, 4.69) is 15.5 Å². The minimum Gasteiger partial charge on any atom is -0.496 e. The Morgan fingerprint density at radius 3 is 2.30 bits per heavy atom. The molecule has 9 nitrogen and oxygen atoms in total. The molecule has 9 heteroatoms. The first-order chi connectivity index (χ1) is 19.3. The van der Waals surface area contributed by atoms with E-state index in [1.807, 2.05) is 25.1 Å². The highest BCUT2D eigenvalue weighted by molar-refractivity contribution is 6.01. The lowest BCUT2D eigenvalue weighted by atomic mass is 9.99. The number of carbonyl (C=O) groups excluding carboxylic acids is 2. The van der Waals surface area contributed by atoms with Crippen LogP contribution in [-0.4, -0.2) is 64.3 Å². The minimum atomic E-state index is -0.417. The summed E-state index contributed by atoms with van der Waals surface area (Å²) in [5.41, 5.74) is 3.93. The highest BCUT2D eigenvalue weighted by Gasteiger charge is 2.18. The van der Waals surface area contributed by atoms with Crippen molar-refractivity contribution in [1.82, 2.24) is 4.90 Å². The molecule has 1 heterocycles. The van der Waals surface area contributed by atoms with Gasteiger partial charge in [0.25, 0.3) is 0 Å². The first-order valence-corrected chi connectivity index (χ1v) is 13.3. The van der Waals surface area contributed by atoms with Crippen LogP contribution in [0.4, 0.5) is 16.2 Å². The van der Waals surface area contributed by atoms with Gasteiger partial charge in [0.15, 0.2) is 17.3 Å². The Balaban J connectivity index is 1.53. The van der Waals surface area contributed by atoms with E-state index in [4.69, 9.17) is 18.9 Å². The molecule has 3 aromatic rings. The second kappa shape index (κ2) is 13.2. The molecule has 0 radical (unpaired) electrons. The molecule has 0 aromatic heterocycles. The summed E-state index contributed by atoms with van der Waals surface area (Å²) in [6.07, 6.45) is 2.49. The van der Waals surface area contributed by atoms with Crippen molar-refractivity contribution < 1.29 is 28.5 Å². The van der Waals surface area contributed by atoms with Crippen LogP contribution in [0.3, 0.4) is 0 Å². The lowest BCUT2D eigenvalue weighted by molar-refractivity contribution is 0.101. The lowest BCUT2D eigenvalue weighted by Gasteiger charge is -2.18. The van der Waals surface area contributed by atoms with E-state index in [9.17, 15) is 9.59 Å². The fourth-order valence-electron chi connectivity index (χ4n) is 4.81. The number of amides is 2. The van der Waals surface area contributed by atoms with Crippen LogP contribution < -0.4 is 29.6 Å². The largest absolute Gasteiger partial charge is 0.496 e. The minimum absolute atomic E-state index is 0.101. The summed E-state index contributed by atoms with van der Waals surface area (Å²) in [6.45, 7) is 7.15. The molecule has 3 aromatic carbocycles. The van der Waals surface area contributed by atoms with Gasteiger partial charge < -0.3 is 29.6 Å². The van der Waals surface area contributed by atoms with Crippen molar-refractivity contribution in [3.8, 4) is 34.1 Å². The number of rotatable bonds is 11. The normalized spacial score (nSPS) is 13.0. The van der Waals surface area contributed by atoms with E-state index in [0.717, 1.165) is 30.8 Å². The van der Waals surface area contributed by atoms with Crippen molar-refractivity contribution in [2.75, 3.05) is 58.2 Å². The summed E-state index contributed by atoms with van der Waals surface area (Å²) < 4.78 is 22.6. The van der Waals surface area contributed by atoms with E-state index < -0.39 is 6.03 Å². The summed E-state index contributed by atoms with van der Waals surface area (Å²) in [4.78, 5) is 27.4. The summed E-state index contributed by atoms with van der Waals surface area (Å²) in [7, 11) is 4.59. The van der Waals surface area contributed by atoms with Crippen LogP contribution in [0.2, 0.25) is 0 Å². The van der Waals surface area contributed by atoms with Crippen LogP contribution in [-0.2, 0) is 0 Å². The van der Waals surface area contributed by atoms with Gasteiger partial charge in [-0.25, -0.2) is 4.79 Å². The van der Waals surface area contributed by atoms with Crippen molar-refractivity contribution in [2.24, 2.45) is 0 Å². The highest BCUT2D eigenvalue weighted by atomic mass is 16.5. The number of carbonyl (C=O) groups is 2. The number of ketones is 1. The number of nitrogens with zero attached hydrogens (tertiary/aromatic N) is 1. The zero-order valence-electron chi connectivity index (χ0n) is 23.8. The van der Waals surface area contributed by atoms with Crippen molar-refractivity contribution in [1.29, 1.82) is 0 Å². The maximum Gasteiger partial charge on any atom is 0.323 e. The summed E-state index contributed by atoms with van der Waals surface area (Å²) in [6, 6.07) is 14.0. The van der Waals surface area contributed by atoms with Crippen LogP contribution in [0.1, 0.15) is 35.7 Å². The van der Waals surface area contributed by atoms with Gasteiger partial charge in [-0.3, -0.25) is 9.69 Å². The van der Waals surface area contributed by atoms with Gasteiger partial charge in [-0.1, -0.05) is 12.1 Å². The van der Waals surface area contributed by atoms with E-state index in [1.54, 1.807) is 37.4 Å². The molecule has 4 rings (SSSR count). The fraction of sp³-hybridized carbons (Fsp3) is 0.355. The maximum atomic E-state index is 13.1. The standard InChI is InChI=1S/C31H37N3O6/c1-20-8-10-24(40-15-14-34-12-6-7-13-34)19-27(20)33-31(36)32-23-17-26(30(39-5)29(18-23)38-4)22-9-11-25(21(2)35)28(16-22)37-3/h8-11,16-19H,6-7,12-15H2,1-5H3,(H2,32,33,36). The van der Waals surface area contributed by atoms with Crippen molar-refractivity contribution in [3.63, 3.8) is 0 Å². The number of hydrogen-bond donors (Lipinski definition) is 2. The van der Waals surface area contributed by atoms with Gasteiger partial charge in [-0.2, -0.15) is 0 Å². The number of ether oxygens (including phenoxy) is 4. The Morgan fingerprint density at radius 2 is 1.62 bits per heavy atom. The quantitative estimate of drug-likeness (QED) is 0.284. The SMILES string of the molecule is COc1cc(-c2cc(NC(=O)Nc3cc(OCCN4CCCC4)ccc3C)cc(OC)c2OC)ccc1C(C)=O. The number of benzene rings is 3. The van der Waals surface area contributed by atoms with Gasteiger partial charge >= 0.3 is 6.03 Å². The number of urea groups is 1. The predicted octanol–water partition coefficient (Wildman–Crippen LogP) is 6.01. The molecule has 212 valence electrons. The van der Waals surface area contributed by atoms with Crippen LogP contribution in [0.5, 0.6) is 23.0 Å². The number of Topliss-reactive ketones (excluding diaryl/α,β-unsaturated/α-hetero) is 1. The molecule has 0 unspecified atom stereocenters. The third-order valence-electron chi connectivity index (χ3n) is 6.96. The monoisotopic (exact) mass is 547 g/mol. The molecule has 1 saturated heterocycles. The second-order valence-corrected chi connectivity index (χ2v) is 9.68. The molecule has 0 aliphatic carbocycles. The fourth-order valence-corrected chi connectivity index (χ4v) is 4.81. The van der Waals surface area contributed by atoms with E-state index in [1.165, 1.54) is 34.0 Å². The van der Waals surface area contributed by atoms with Gasteiger partial charge in [0.1, 0.15) is 18.1 Å². The lowest BCUT2D eigenvalue weighted by Crippen LogP contribution is -2.25. The van der Waals surface area contributed by atoms with E-state index in [0.29, 0.717) is 52.1 Å². The number of likely N-dealkylation sites (tertiary alicyclic amines) is 1. The highest BCUT2D eigenvalue weighted by Crippen LogP contribution is 2.42.